The van der Waals surface area contributed by atoms with Crippen molar-refractivity contribution in [2.75, 3.05) is 0 Å². The summed E-state index contributed by atoms with van der Waals surface area (Å²) in [6.45, 7) is 1.95. The van der Waals surface area contributed by atoms with Gasteiger partial charge in [0.05, 0.1) is 26.1 Å². The molecular weight excluding hydrogens is 430 g/mol. The summed E-state index contributed by atoms with van der Waals surface area (Å²) >= 11 is 8.12. The molecule has 0 radical (unpaired) electrons. The second-order valence-corrected chi connectivity index (χ2v) is 9.40. The third-order valence-corrected chi connectivity index (χ3v) is 6.71. The fourth-order valence-corrected chi connectivity index (χ4v) is 4.96. The van der Waals surface area contributed by atoms with Crippen LogP contribution in [0.25, 0.3) is 43.9 Å². The van der Waals surface area contributed by atoms with E-state index in [-0.39, 0.29) is 5.56 Å². The molecule has 0 saturated heterocycles. The minimum absolute atomic E-state index is 0.150. The van der Waals surface area contributed by atoms with Gasteiger partial charge in [0, 0.05) is 29.4 Å². The number of benzene rings is 1. The van der Waals surface area contributed by atoms with Crippen molar-refractivity contribution in [3.8, 4) is 21.8 Å². The van der Waals surface area contributed by atoms with Crippen molar-refractivity contribution in [2.45, 2.75) is 25.7 Å². The molecule has 6 nitrogen and oxygen atoms in total. The number of hydrogen-bond acceptors (Lipinski definition) is 6. The van der Waals surface area contributed by atoms with Crippen molar-refractivity contribution in [1.29, 1.82) is 0 Å². The Labute approximate surface area is 186 Å². The van der Waals surface area contributed by atoms with Crippen molar-refractivity contribution in [3.63, 3.8) is 0 Å². The Bertz CT molecular complexity index is 1550. The Morgan fingerprint density at radius 3 is 2.74 bits per heavy atom. The van der Waals surface area contributed by atoms with Gasteiger partial charge in [0.25, 0.3) is 0 Å². The monoisotopic (exact) mass is 445 g/mol. The van der Waals surface area contributed by atoms with Crippen LogP contribution in [-0.4, -0.2) is 24.9 Å². The van der Waals surface area contributed by atoms with Crippen LogP contribution in [0.2, 0.25) is 5.02 Å². The highest BCUT2D eigenvalue weighted by atomic mass is 35.5. The van der Waals surface area contributed by atoms with Crippen molar-refractivity contribution in [2.24, 2.45) is 0 Å². The lowest BCUT2D eigenvalue weighted by Gasteiger charge is -2.12. The lowest BCUT2D eigenvalue weighted by molar-refractivity contribution is 1.09. The van der Waals surface area contributed by atoms with Gasteiger partial charge in [-0.3, -0.25) is 9.78 Å². The molecule has 4 heterocycles. The Balaban J connectivity index is 1.69. The van der Waals surface area contributed by atoms with E-state index in [1.54, 1.807) is 29.8 Å². The molecule has 1 aromatic carbocycles. The molecule has 4 aromatic heterocycles. The van der Waals surface area contributed by atoms with E-state index in [0.29, 0.717) is 22.3 Å². The van der Waals surface area contributed by atoms with Crippen LogP contribution in [-0.2, 0) is 0 Å². The van der Waals surface area contributed by atoms with Gasteiger partial charge in [-0.05, 0) is 49.4 Å². The second kappa shape index (κ2) is 6.93. The van der Waals surface area contributed by atoms with E-state index in [4.69, 9.17) is 21.6 Å². The molecule has 1 saturated carbocycles. The summed E-state index contributed by atoms with van der Waals surface area (Å²) in [5, 5.41) is 2.43. The summed E-state index contributed by atoms with van der Waals surface area (Å²) in [7, 11) is 0. The minimum Gasteiger partial charge on any atom is -0.305 e. The van der Waals surface area contributed by atoms with E-state index >= 15 is 0 Å². The summed E-state index contributed by atoms with van der Waals surface area (Å²) in [4.78, 5) is 34.7. The second-order valence-electron chi connectivity index (χ2n) is 7.76. The smallest absolute Gasteiger partial charge is 0.249 e. The van der Waals surface area contributed by atoms with Gasteiger partial charge in [0.15, 0.2) is 5.65 Å². The number of pyridine rings is 2. The molecule has 1 fully saturated rings. The molecule has 1 N–H and O–H groups in total. The van der Waals surface area contributed by atoms with Crippen molar-refractivity contribution < 1.29 is 0 Å². The number of nitrogens with zero attached hydrogens (tertiary/aromatic N) is 4. The summed E-state index contributed by atoms with van der Waals surface area (Å²) in [6, 6.07) is 9.44. The molecular formula is C23H16ClN5OS. The molecule has 6 rings (SSSR count). The Hall–Kier alpha value is -3.16. The Morgan fingerprint density at radius 2 is 1.97 bits per heavy atom. The van der Waals surface area contributed by atoms with Gasteiger partial charge in [-0.2, -0.15) is 0 Å². The number of aromatic amines is 1. The van der Waals surface area contributed by atoms with E-state index < -0.39 is 0 Å². The number of nitrogens with one attached hydrogen (secondary N) is 1. The van der Waals surface area contributed by atoms with Gasteiger partial charge >= 0.3 is 0 Å². The molecule has 0 amide bonds. The van der Waals surface area contributed by atoms with Crippen molar-refractivity contribution in [1.82, 2.24) is 24.9 Å². The van der Waals surface area contributed by atoms with E-state index in [9.17, 15) is 4.79 Å². The molecule has 31 heavy (non-hydrogen) atoms. The number of fused-ring (bicyclic) bond motifs is 2. The fourth-order valence-electron chi connectivity index (χ4n) is 3.92. The SMILES string of the molecule is Cc1ncc(-c2nc3[nH]c(=O)cc(C4CC4)c3nc2-c2cc(Cl)c3ncccc3c2)s1. The number of aromatic nitrogens is 5. The topological polar surface area (TPSA) is 84.4 Å². The van der Waals surface area contributed by atoms with E-state index in [1.807, 2.05) is 31.2 Å². The van der Waals surface area contributed by atoms with Gasteiger partial charge in [0.2, 0.25) is 5.56 Å². The van der Waals surface area contributed by atoms with Crippen LogP contribution in [0.5, 0.6) is 0 Å². The normalized spacial score (nSPS) is 13.9. The van der Waals surface area contributed by atoms with Crippen LogP contribution >= 0.6 is 22.9 Å². The number of halogens is 1. The minimum atomic E-state index is -0.150. The van der Waals surface area contributed by atoms with Gasteiger partial charge in [-0.25, -0.2) is 15.0 Å². The largest absolute Gasteiger partial charge is 0.305 e. The number of hydrogen-bond donors (Lipinski definition) is 1. The summed E-state index contributed by atoms with van der Waals surface area (Å²) in [6.07, 6.45) is 5.66. The first-order chi connectivity index (χ1) is 15.1. The van der Waals surface area contributed by atoms with E-state index in [1.165, 1.54) is 0 Å². The molecule has 1 aliphatic carbocycles. The fraction of sp³-hybridized carbons (Fsp3) is 0.174. The molecule has 8 heteroatoms. The summed E-state index contributed by atoms with van der Waals surface area (Å²) < 4.78 is 0. The molecule has 152 valence electrons. The molecule has 1 aliphatic rings. The molecule has 0 spiro atoms. The first kappa shape index (κ1) is 18.6. The lowest BCUT2D eigenvalue weighted by atomic mass is 10.0. The number of thiazole rings is 1. The molecule has 5 aromatic rings. The maximum Gasteiger partial charge on any atom is 0.249 e. The van der Waals surface area contributed by atoms with Crippen LogP contribution in [0.1, 0.15) is 29.3 Å². The zero-order valence-electron chi connectivity index (χ0n) is 16.5. The Kier molecular flexibility index (Phi) is 4.16. The third kappa shape index (κ3) is 3.21. The quantitative estimate of drug-likeness (QED) is 0.396. The Morgan fingerprint density at radius 1 is 1.10 bits per heavy atom. The first-order valence-corrected chi connectivity index (χ1v) is 11.2. The maximum absolute atomic E-state index is 12.3. The highest BCUT2D eigenvalue weighted by Gasteiger charge is 2.28. The third-order valence-electron chi connectivity index (χ3n) is 5.50. The van der Waals surface area contributed by atoms with Crippen LogP contribution in [0.3, 0.4) is 0 Å². The standard InChI is InChI=1S/C23H16ClN5OS/c1-11-26-10-17(31-11)22-20(14-7-13-3-2-6-25-19(13)16(24)8-14)28-21-15(12-4-5-12)9-18(30)27-23(21)29-22/h2-3,6-10,12H,4-5H2,1H3,(H,27,29,30). The maximum atomic E-state index is 12.3. The van der Waals surface area contributed by atoms with Crippen LogP contribution in [0, 0.1) is 6.92 Å². The molecule has 0 unspecified atom stereocenters. The van der Waals surface area contributed by atoms with Gasteiger partial charge in [-0.15, -0.1) is 11.3 Å². The van der Waals surface area contributed by atoms with Crippen LogP contribution < -0.4 is 5.56 Å². The molecule has 0 aliphatic heterocycles. The average Bonchev–Trinajstić information content (AvgIpc) is 3.52. The highest BCUT2D eigenvalue weighted by Crippen LogP contribution is 2.43. The zero-order chi connectivity index (χ0) is 21.1. The summed E-state index contributed by atoms with van der Waals surface area (Å²) in [5.74, 6) is 0.368. The van der Waals surface area contributed by atoms with Crippen molar-refractivity contribution >= 4 is 45.0 Å². The highest BCUT2D eigenvalue weighted by molar-refractivity contribution is 7.15. The lowest BCUT2D eigenvalue weighted by Crippen LogP contribution is -2.09. The predicted octanol–water partition coefficient (Wildman–Crippen LogP) is 5.50. The number of rotatable bonds is 3. The number of aryl methyl sites for hydroxylation is 1. The van der Waals surface area contributed by atoms with Gasteiger partial charge in [-0.1, -0.05) is 17.7 Å². The average molecular weight is 446 g/mol. The van der Waals surface area contributed by atoms with Gasteiger partial charge in [0.1, 0.15) is 11.2 Å². The first-order valence-electron chi connectivity index (χ1n) is 9.99. The van der Waals surface area contributed by atoms with Crippen molar-refractivity contribution in [3.05, 3.63) is 68.7 Å². The summed E-state index contributed by atoms with van der Waals surface area (Å²) in [5.41, 5.74) is 5.07. The molecule has 0 bridgehead atoms. The number of H-pyrrole nitrogens is 1. The van der Waals surface area contributed by atoms with E-state index in [2.05, 4.69) is 15.0 Å². The molecule has 0 atom stereocenters. The van der Waals surface area contributed by atoms with Crippen LogP contribution in [0.15, 0.2) is 47.5 Å². The van der Waals surface area contributed by atoms with Crippen LogP contribution in [0.4, 0.5) is 0 Å². The zero-order valence-corrected chi connectivity index (χ0v) is 18.1. The van der Waals surface area contributed by atoms with Gasteiger partial charge < -0.3 is 4.98 Å². The predicted molar refractivity (Wildman–Crippen MR) is 124 cm³/mol. The van der Waals surface area contributed by atoms with E-state index in [0.717, 1.165) is 56.0 Å².